The lowest BCUT2D eigenvalue weighted by molar-refractivity contribution is -0.120. The smallest absolute Gasteiger partial charge is 0.250 e. The molecule has 6 nitrogen and oxygen atoms in total. The second kappa shape index (κ2) is 7.83. The Bertz CT molecular complexity index is 440. The maximum absolute atomic E-state index is 11.6. The topological polar surface area (TPSA) is 82.8 Å². The minimum absolute atomic E-state index is 0.0794. The molecule has 0 aromatic heterocycles. The number of ether oxygens (including phenoxy) is 3. The van der Waals surface area contributed by atoms with Crippen LogP contribution >= 0.6 is 11.6 Å². The molecule has 1 aromatic carbocycles. The van der Waals surface area contributed by atoms with Gasteiger partial charge in [0.1, 0.15) is 18.1 Å². The van der Waals surface area contributed by atoms with Crippen LogP contribution in [0.1, 0.15) is 0 Å². The number of hydrogen-bond acceptors (Lipinski definition) is 5. The molecule has 1 aromatic rings. The lowest BCUT2D eigenvalue weighted by atomic mass is 10.2. The van der Waals surface area contributed by atoms with Gasteiger partial charge >= 0.3 is 0 Å². The summed E-state index contributed by atoms with van der Waals surface area (Å²) in [5, 5.41) is 3.02. The number of methoxy groups -OCH3 is 2. The molecule has 0 aliphatic rings. The molecule has 0 atom stereocenters. The molecule has 3 N–H and O–H groups in total. The van der Waals surface area contributed by atoms with Crippen molar-refractivity contribution in [1.82, 2.24) is 0 Å². The first-order chi connectivity index (χ1) is 9.12. The minimum atomic E-state index is -0.312. The maximum atomic E-state index is 11.6. The summed E-state index contributed by atoms with van der Waals surface area (Å²) in [6, 6.07) is 3.15. The highest BCUT2D eigenvalue weighted by molar-refractivity contribution is 6.32. The Hall–Kier alpha value is -1.50. The van der Waals surface area contributed by atoms with Crippen LogP contribution in [0, 0.1) is 0 Å². The molecule has 0 saturated carbocycles. The monoisotopic (exact) mass is 288 g/mol. The molecule has 19 heavy (non-hydrogen) atoms. The lowest BCUT2D eigenvalue weighted by Gasteiger charge is -2.13. The van der Waals surface area contributed by atoms with Gasteiger partial charge in [0.15, 0.2) is 0 Å². The first-order valence-corrected chi connectivity index (χ1v) is 5.99. The number of carbonyl (C=O) groups is 1. The Morgan fingerprint density at radius 3 is 2.58 bits per heavy atom. The Morgan fingerprint density at radius 2 is 2.00 bits per heavy atom. The zero-order chi connectivity index (χ0) is 14.3. The van der Waals surface area contributed by atoms with Gasteiger partial charge in [-0.1, -0.05) is 11.6 Å². The summed E-state index contributed by atoms with van der Waals surface area (Å²) >= 11 is 5.99. The van der Waals surface area contributed by atoms with Crippen LogP contribution in [0.5, 0.6) is 11.5 Å². The van der Waals surface area contributed by atoms with Crippen LogP contribution in [0.15, 0.2) is 12.1 Å². The number of benzene rings is 1. The quantitative estimate of drug-likeness (QED) is 0.738. The Labute approximate surface area is 116 Å². The molecule has 0 radical (unpaired) electrons. The number of carbonyl (C=O) groups excluding carboxylic acids is 1. The van der Waals surface area contributed by atoms with Gasteiger partial charge in [-0.25, -0.2) is 0 Å². The van der Waals surface area contributed by atoms with E-state index in [1.54, 1.807) is 12.1 Å². The predicted octanol–water partition coefficient (Wildman–Crippen LogP) is 1.27. The van der Waals surface area contributed by atoms with E-state index in [4.69, 9.17) is 31.5 Å². The molecule has 0 aliphatic heterocycles. The van der Waals surface area contributed by atoms with Gasteiger partial charge in [0.05, 0.1) is 31.5 Å². The normalized spacial score (nSPS) is 10.1. The van der Waals surface area contributed by atoms with Crippen molar-refractivity contribution < 1.29 is 19.0 Å². The van der Waals surface area contributed by atoms with E-state index in [9.17, 15) is 4.79 Å². The number of hydrogen-bond donors (Lipinski definition) is 2. The standard InChI is InChI=1S/C12H17ClN2O4/c1-17-10-6-11(18-2)9(5-8(10)13)15-12(16)7-19-4-3-14/h5-6H,3-4,7,14H2,1-2H3,(H,15,16). The van der Waals surface area contributed by atoms with E-state index in [0.717, 1.165) is 0 Å². The molecule has 0 unspecified atom stereocenters. The van der Waals surface area contributed by atoms with Crippen molar-refractivity contribution in [2.24, 2.45) is 5.73 Å². The van der Waals surface area contributed by atoms with Crippen molar-refractivity contribution in [3.8, 4) is 11.5 Å². The molecule has 0 aliphatic carbocycles. The summed E-state index contributed by atoms with van der Waals surface area (Å²) in [7, 11) is 2.99. The average Bonchev–Trinajstić information content (AvgIpc) is 2.39. The van der Waals surface area contributed by atoms with Crippen molar-refractivity contribution in [3.05, 3.63) is 17.2 Å². The summed E-state index contributed by atoms with van der Waals surface area (Å²) in [6.07, 6.45) is 0. The van der Waals surface area contributed by atoms with Gasteiger partial charge in [0.2, 0.25) is 5.91 Å². The summed E-state index contributed by atoms with van der Waals surface area (Å²) in [4.78, 5) is 11.6. The van der Waals surface area contributed by atoms with Crippen LogP contribution in [0.2, 0.25) is 5.02 Å². The summed E-state index contributed by atoms with van der Waals surface area (Å²) in [6.45, 7) is 0.614. The number of rotatable bonds is 7. The summed E-state index contributed by atoms with van der Waals surface area (Å²) in [5.74, 6) is 0.609. The number of amides is 1. The molecule has 1 amide bonds. The van der Waals surface area contributed by atoms with Crippen molar-refractivity contribution >= 4 is 23.2 Å². The molecular formula is C12H17ClN2O4. The van der Waals surface area contributed by atoms with Gasteiger partial charge < -0.3 is 25.3 Å². The number of nitrogens with one attached hydrogen (secondary N) is 1. The fourth-order valence-electron chi connectivity index (χ4n) is 1.39. The number of halogens is 1. The summed E-state index contributed by atoms with van der Waals surface area (Å²) < 4.78 is 15.2. The molecule has 0 saturated heterocycles. The van der Waals surface area contributed by atoms with E-state index in [1.165, 1.54) is 14.2 Å². The van der Waals surface area contributed by atoms with E-state index < -0.39 is 0 Å². The Kier molecular flexibility index (Phi) is 6.41. The Balaban J connectivity index is 2.76. The minimum Gasteiger partial charge on any atom is -0.495 e. The molecule has 0 spiro atoms. The molecular weight excluding hydrogens is 272 g/mol. The summed E-state index contributed by atoms with van der Waals surface area (Å²) in [5.41, 5.74) is 5.71. The van der Waals surface area contributed by atoms with Crippen LogP contribution in [0.4, 0.5) is 5.69 Å². The van der Waals surface area contributed by atoms with Gasteiger partial charge in [-0.05, 0) is 6.07 Å². The molecule has 0 fully saturated rings. The van der Waals surface area contributed by atoms with E-state index in [1.807, 2.05) is 0 Å². The van der Waals surface area contributed by atoms with E-state index in [2.05, 4.69) is 5.32 Å². The fourth-order valence-corrected chi connectivity index (χ4v) is 1.63. The largest absolute Gasteiger partial charge is 0.495 e. The van der Waals surface area contributed by atoms with Gasteiger partial charge in [0.25, 0.3) is 0 Å². The first kappa shape index (κ1) is 15.6. The SMILES string of the molecule is COc1cc(OC)c(NC(=O)COCCN)cc1Cl. The van der Waals surface area contributed by atoms with Crippen molar-refractivity contribution in [3.63, 3.8) is 0 Å². The highest BCUT2D eigenvalue weighted by Crippen LogP contribution is 2.35. The highest BCUT2D eigenvalue weighted by atomic mass is 35.5. The van der Waals surface area contributed by atoms with Crippen LogP contribution in [0.3, 0.4) is 0 Å². The third-order valence-electron chi connectivity index (χ3n) is 2.24. The average molecular weight is 289 g/mol. The third kappa shape index (κ3) is 4.59. The highest BCUT2D eigenvalue weighted by Gasteiger charge is 2.12. The second-order valence-corrected chi connectivity index (χ2v) is 3.98. The molecule has 1 rings (SSSR count). The Morgan fingerprint density at radius 1 is 1.32 bits per heavy atom. The van der Waals surface area contributed by atoms with Crippen molar-refractivity contribution in [1.29, 1.82) is 0 Å². The van der Waals surface area contributed by atoms with Crippen LogP contribution < -0.4 is 20.5 Å². The zero-order valence-electron chi connectivity index (χ0n) is 10.9. The van der Waals surface area contributed by atoms with Gasteiger partial charge in [-0.3, -0.25) is 4.79 Å². The van der Waals surface area contributed by atoms with Crippen LogP contribution in [-0.2, 0) is 9.53 Å². The van der Waals surface area contributed by atoms with Gasteiger partial charge in [-0.2, -0.15) is 0 Å². The van der Waals surface area contributed by atoms with E-state index in [0.29, 0.717) is 35.4 Å². The van der Waals surface area contributed by atoms with Crippen molar-refractivity contribution in [2.75, 3.05) is 39.3 Å². The number of nitrogens with two attached hydrogens (primary N) is 1. The first-order valence-electron chi connectivity index (χ1n) is 5.61. The van der Waals surface area contributed by atoms with E-state index in [-0.39, 0.29) is 12.5 Å². The van der Waals surface area contributed by atoms with Gasteiger partial charge in [-0.15, -0.1) is 0 Å². The zero-order valence-corrected chi connectivity index (χ0v) is 11.6. The van der Waals surface area contributed by atoms with E-state index >= 15 is 0 Å². The third-order valence-corrected chi connectivity index (χ3v) is 2.54. The fraction of sp³-hybridized carbons (Fsp3) is 0.417. The molecule has 7 heteroatoms. The lowest BCUT2D eigenvalue weighted by Crippen LogP contribution is -2.21. The molecule has 0 heterocycles. The van der Waals surface area contributed by atoms with Crippen molar-refractivity contribution in [2.45, 2.75) is 0 Å². The van der Waals surface area contributed by atoms with Crippen LogP contribution in [0.25, 0.3) is 0 Å². The predicted molar refractivity (Wildman–Crippen MR) is 73.1 cm³/mol. The van der Waals surface area contributed by atoms with Gasteiger partial charge in [0, 0.05) is 12.6 Å². The van der Waals surface area contributed by atoms with Crippen LogP contribution in [-0.4, -0.2) is 39.9 Å². The molecule has 0 bridgehead atoms. The number of anilines is 1. The maximum Gasteiger partial charge on any atom is 0.250 e. The molecule has 106 valence electrons. The second-order valence-electron chi connectivity index (χ2n) is 3.58.